The zero-order chi connectivity index (χ0) is 12.3. The summed E-state index contributed by atoms with van der Waals surface area (Å²) >= 11 is 1.86. The van der Waals surface area contributed by atoms with Crippen LogP contribution < -0.4 is 5.32 Å². The molecular formula is C14H24N2S. The second-order valence-electron chi connectivity index (χ2n) is 5.66. The third-order valence-corrected chi connectivity index (χ3v) is 4.94. The summed E-state index contributed by atoms with van der Waals surface area (Å²) in [7, 11) is 0. The highest BCUT2D eigenvalue weighted by atomic mass is 32.1. The molecule has 1 N–H and O–H groups in total. The van der Waals surface area contributed by atoms with Crippen LogP contribution in [0.5, 0.6) is 0 Å². The molecule has 0 saturated heterocycles. The molecule has 1 aliphatic rings. The van der Waals surface area contributed by atoms with Gasteiger partial charge in [0.15, 0.2) is 0 Å². The van der Waals surface area contributed by atoms with Gasteiger partial charge >= 0.3 is 0 Å². The lowest BCUT2D eigenvalue weighted by molar-refractivity contribution is 0.307. The third-order valence-electron chi connectivity index (χ3n) is 3.65. The minimum absolute atomic E-state index is 0.560. The summed E-state index contributed by atoms with van der Waals surface area (Å²) in [5, 5.41) is 4.94. The zero-order valence-electron chi connectivity index (χ0n) is 11.2. The Kier molecular flexibility index (Phi) is 4.57. The fourth-order valence-electron chi connectivity index (χ4n) is 2.38. The molecule has 0 radical (unpaired) electrons. The molecule has 1 heterocycles. The molecule has 3 heteroatoms. The summed E-state index contributed by atoms with van der Waals surface area (Å²) in [5.74, 6) is 1.49. The highest BCUT2D eigenvalue weighted by molar-refractivity contribution is 7.11. The van der Waals surface area contributed by atoms with Crippen LogP contribution >= 0.6 is 11.3 Å². The molecule has 96 valence electrons. The van der Waals surface area contributed by atoms with Crippen LogP contribution in [-0.4, -0.2) is 11.0 Å². The van der Waals surface area contributed by atoms with Gasteiger partial charge in [-0.05, 0) is 31.6 Å². The predicted octanol–water partition coefficient (Wildman–Crippen LogP) is 3.93. The molecule has 0 atom stereocenters. The van der Waals surface area contributed by atoms with E-state index in [2.05, 4.69) is 31.1 Å². The fourth-order valence-corrected chi connectivity index (χ4v) is 3.25. The van der Waals surface area contributed by atoms with E-state index in [4.69, 9.17) is 0 Å². The largest absolute Gasteiger partial charge is 0.309 e. The molecule has 2 nitrogen and oxygen atoms in total. The Bertz CT molecular complexity index is 338. The molecule has 17 heavy (non-hydrogen) atoms. The van der Waals surface area contributed by atoms with Crippen molar-refractivity contribution in [2.75, 3.05) is 0 Å². The fraction of sp³-hybridized carbons (Fsp3) is 0.786. The van der Waals surface area contributed by atoms with Crippen molar-refractivity contribution in [1.82, 2.24) is 10.3 Å². The average molecular weight is 252 g/mol. The van der Waals surface area contributed by atoms with Gasteiger partial charge in [-0.2, -0.15) is 0 Å². The molecular weight excluding hydrogens is 228 g/mol. The van der Waals surface area contributed by atoms with Crippen LogP contribution in [0, 0.1) is 5.92 Å². The van der Waals surface area contributed by atoms with E-state index >= 15 is 0 Å². The quantitative estimate of drug-likeness (QED) is 0.878. The Morgan fingerprint density at radius 3 is 2.65 bits per heavy atom. The number of nitrogens with zero attached hydrogens (tertiary/aromatic N) is 1. The van der Waals surface area contributed by atoms with E-state index in [9.17, 15) is 0 Å². The number of hydrogen-bond donors (Lipinski definition) is 1. The van der Waals surface area contributed by atoms with Crippen LogP contribution in [0.25, 0.3) is 0 Å². The Labute approximate surface area is 109 Å². The van der Waals surface area contributed by atoms with Gasteiger partial charge in [-0.25, -0.2) is 4.98 Å². The summed E-state index contributed by atoms with van der Waals surface area (Å²) in [5.41, 5.74) is 0. The van der Waals surface area contributed by atoms with E-state index in [-0.39, 0.29) is 0 Å². The number of hydrogen-bond acceptors (Lipinski definition) is 3. The first kappa shape index (κ1) is 13.0. The summed E-state index contributed by atoms with van der Waals surface area (Å²) < 4.78 is 0. The first-order chi connectivity index (χ1) is 8.15. The van der Waals surface area contributed by atoms with Gasteiger partial charge in [-0.1, -0.05) is 20.8 Å². The van der Waals surface area contributed by atoms with E-state index < -0.39 is 0 Å². The molecule has 0 spiro atoms. The Hall–Kier alpha value is -0.410. The maximum absolute atomic E-state index is 4.47. The second-order valence-corrected chi connectivity index (χ2v) is 6.80. The van der Waals surface area contributed by atoms with E-state index in [1.54, 1.807) is 0 Å². The highest BCUT2D eigenvalue weighted by Crippen LogP contribution is 2.25. The monoisotopic (exact) mass is 252 g/mol. The van der Waals surface area contributed by atoms with Crippen LogP contribution in [0.2, 0.25) is 0 Å². The highest BCUT2D eigenvalue weighted by Gasteiger charge is 2.17. The summed E-state index contributed by atoms with van der Waals surface area (Å²) in [6, 6.07) is 0.732. The molecule has 1 aromatic heterocycles. The van der Waals surface area contributed by atoms with Crippen molar-refractivity contribution in [2.24, 2.45) is 5.92 Å². The van der Waals surface area contributed by atoms with E-state index in [0.717, 1.165) is 18.5 Å². The first-order valence-electron chi connectivity index (χ1n) is 6.83. The topological polar surface area (TPSA) is 24.9 Å². The molecule has 0 aliphatic heterocycles. The minimum Gasteiger partial charge on any atom is -0.309 e. The van der Waals surface area contributed by atoms with Crippen molar-refractivity contribution in [3.05, 3.63) is 16.1 Å². The Morgan fingerprint density at radius 1 is 1.35 bits per heavy atom. The molecule has 1 saturated carbocycles. The van der Waals surface area contributed by atoms with E-state index in [1.807, 2.05) is 17.5 Å². The van der Waals surface area contributed by atoms with Crippen molar-refractivity contribution in [3.63, 3.8) is 0 Å². The predicted molar refractivity (Wildman–Crippen MR) is 74.5 cm³/mol. The van der Waals surface area contributed by atoms with Crippen LogP contribution in [-0.2, 0) is 6.54 Å². The lowest BCUT2D eigenvalue weighted by Gasteiger charge is -2.26. The maximum atomic E-state index is 4.47. The summed E-state index contributed by atoms with van der Waals surface area (Å²) in [6.07, 6.45) is 7.50. The van der Waals surface area contributed by atoms with Crippen LogP contribution in [0.15, 0.2) is 6.20 Å². The van der Waals surface area contributed by atoms with Crippen molar-refractivity contribution in [1.29, 1.82) is 0 Å². The van der Waals surface area contributed by atoms with Crippen molar-refractivity contribution in [3.8, 4) is 0 Å². The normalized spacial score (nSPS) is 25.4. The average Bonchev–Trinajstić information content (AvgIpc) is 2.77. The molecule has 0 aromatic carbocycles. The van der Waals surface area contributed by atoms with Crippen LogP contribution in [0.3, 0.4) is 0 Å². The van der Waals surface area contributed by atoms with Gasteiger partial charge in [-0.15, -0.1) is 11.3 Å². The number of thiazole rings is 1. The number of nitrogens with one attached hydrogen (secondary N) is 1. The Balaban J connectivity index is 1.77. The molecule has 1 aliphatic carbocycles. The second kappa shape index (κ2) is 5.96. The summed E-state index contributed by atoms with van der Waals surface area (Å²) in [4.78, 5) is 5.85. The molecule has 0 amide bonds. The molecule has 1 aromatic rings. The molecule has 1 fully saturated rings. The Morgan fingerprint density at radius 2 is 2.06 bits per heavy atom. The first-order valence-corrected chi connectivity index (χ1v) is 7.64. The zero-order valence-corrected chi connectivity index (χ0v) is 12.0. The SMILES string of the molecule is CC1CCC(NCc2cnc(C(C)C)s2)CC1. The van der Waals surface area contributed by atoms with Gasteiger partial charge in [0.1, 0.15) is 0 Å². The van der Waals surface area contributed by atoms with Crippen molar-refractivity contribution in [2.45, 2.75) is 65.0 Å². The number of aromatic nitrogens is 1. The molecule has 2 rings (SSSR count). The van der Waals surface area contributed by atoms with E-state index in [1.165, 1.54) is 35.6 Å². The molecule has 0 bridgehead atoms. The number of rotatable bonds is 4. The maximum Gasteiger partial charge on any atom is 0.0953 e. The minimum atomic E-state index is 0.560. The van der Waals surface area contributed by atoms with Gasteiger partial charge in [-0.3, -0.25) is 0 Å². The standard InChI is InChI=1S/C14H24N2S/c1-10(2)14-16-9-13(17-14)8-15-12-6-4-11(3)5-7-12/h9-12,15H,4-8H2,1-3H3. The van der Waals surface area contributed by atoms with Gasteiger partial charge < -0.3 is 5.32 Å². The van der Waals surface area contributed by atoms with Gasteiger partial charge in [0.2, 0.25) is 0 Å². The summed E-state index contributed by atoms with van der Waals surface area (Å²) in [6.45, 7) is 7.79. The smallest absolute Gasteiger partial charge is 0.0953 e. The molecule has 0 unspecified atom stereocenters. The third kappa shape index (κ3) is 3.78. The lowest BCUT2D eigenvalue weighted by Crippen LogP contribution is -2.31. The van der Waals surface area contributed by atoms with Crippen molar-refractivity contribution < 1.29 is 0 Å². The van der Waals surface area contributed by atoms with E-state index in [0.29, 0.717) is 5.92 Å². The van der Waals surface area contributed by atoms with Crippen LogP contribution in [0.1, 0.15) is 62.3 Å². The van der Waals surface area contributed by atoms with Crippen molar-refractivity contribution >= 4 is 11.3 Å². The lowest BCUT2D eigenvalue weighted by atomic mass is 9.87. The van der Waals surface area contributed by atoms with Crippen LogP contribution in [0.4, 0.5) is 0 Å². The van der Waals surface area contributed by atoms with Gasteiger partial charge in [0, 0.05) is 29.6 Å². The van der Waals surface area contributed by atoms with Gasteiger partial charge in [0.25, 0.3) is 0 Å². The van der Waals surface area contributed by atoms with Gasteiger partial charge in [0.05, 0.1) is 5.01 Å².